The van der Waals surface area contributed by atoms with E-state index in [1.807, 2.05) is 19.1 Å². The van der Waals surface area contributed by atoms with Crippen molar-refractivity contribution >= 4 is 5.97 Å². The van der Waals surface area contributed by atoms with Crippen LogP contribution in [0.2, 0.25) is 0 Å². The predicted molar refractivity (Wildman–Crippen MR) is 85.1 cm³/mol. The van der Waals surface area contributed by atoms with E-state index in [2.05, 4.69) is 6.58 Å². The van der Waals surface area contributed by atoms with Crippen LogP contribution in [0.25, 0.3) is 0 Å². The van der Waals surface area contributed by atoms with Crippen LogP contribution in [-0.2, 0) is 19.0 Å². The van der Waals surface area contributed by atoms with Crippen molar-refractivity contribution in [2.45, 2.75) is 25.7 Å². The minimum Gasteiger partial charge on any atom is -0.491 e. The van der Waals surface area contributed by atoms with E-state index in [4.69, 9.17) is 18.9 Å². The fourth-order valence-corrected chi connectivity index (χ4v) is 1.75. The molecule has 0 bridgehead atoms. The van der Waals surface area contributed by atoms with Gasteiger partial charge in [-0.05, 0) is 18.6 Å². The lowest BCUT2D eigenvalue weighted by Crippen LogP contribution is -2.25. The van der Waals surface area contributed by atoms with Crippen LogP contribution in [0.15, 0.2) is 36.4 Å². The first-order chi connectivity index (χ1) is 11.0. The maximum atomic E-state index is 11.4. The van der Waals surface area contributed by atoms with E-state index in [0.717, 1.165) is 5.56 Å². The zero-order chi connectivity index (χ0) is 17.2. The number of hydrogen-bond acceptors (Lipinski definition) is 6. The summed E-state index contributed by atoms with van der Waals surface area (Å²) in [5.74, 6) is 0.0872. The SMILES string of the molecule is C=C(CC)C(=O)OCC(O)COc1ccc(C(OC)OC)cc1. The number of hydrogen-bond donors (Lipinski definition) is 1. The molecular formula is C17H24O6. The molecular weight excluding hydrogens is 300 g/mol. The van der Waals surface area contributed by atoms with Crippen LogP contribution in [0.3, 0.4) is 0 Å². The van der Waals surface area contributed by atoms with Crippen LogP contribution in [0.4, 0.5) is 0 Å². The second-order valence-corrected chi connectivity index (χ2v) is 4.89. The molecule has 1 atom stereocenters. The summed E-state index contributed by atoms with van der Waals surface area (Å²) in [6.07, 6.45) is -0.823. The van der Waals surface area contributed by atoms with Crippen molar-refractivity contribution in [3.8, 4) is 5.75 Å². The average Bonchev–Trinajstić information content (AvgIpc) is 2.59. The Morgan fingerprint density at radius 1 is 1.17 bits per heavy atom. The summed E-state index contributed by atoms with van der Waals surface area (Å²) in [6, 6.07) is 7.12. The Bertz CT molecular complexity index is 492. The molecule has 23 heavy (non-hydrogen) atoms. The smallest absolute Gasteiger partial charge is 0.333 e. The summed E-state index contributed by atoms with van der Waals surface area (Å²) < 4.78 is 20.7. The van der Waals surface area contributed by atoms with Gasteiger partial charge < -0.3 is 24.1 Å². The van der Waals surface area contributed by atoms with Crippen molar-refractivity contribution in [3.05, 3.63) is 42.0 Å². The first kappa shape index (κ1) is 19.2. The fraction of sp³-hybridized carbons (Fsp3) is 0.471. The second-order valence-electron chi connectivity index (χ2n) is 4.89. The number of esters is 1. The predicted octanol–water partition coefficient (Wildman–Crippen LogP) is 2.23. The van der Waals surface area contributed by atoms with Gasteiger partial charge in [0.25, 0.3) is 0 Å². The first-order valence-corrected chi connectivity index (χ1v) is 7.33. The number of methoxy groups -OCH3 is 2. The first-order valence-electron chi connectivity index (χ1n) is 7.33. The van der Waals surface area contributed by atoms with Crippen LogP contribution in [-0.4, -0.2) is 44.6 Å². The van der Waals surface area contributed by atoms with Gasteiger partial charge in [-0.1, -0.05) is 25.6 Å². The van der Waals surface area contributed by atoms with Crippen molar-refractivity contribution in [2.75, 3.05) is 27.4 Å². The number of aliphatic hydroxyl groups excluding tert-OH is 1. The van der Waals surface area contributed by atoms with Crippen LogP contribution < -0.4 is 4.74 Å². The number of rotatable bonds is 10. The molecule has 1 rings (SSSR count). The third-order valence-corrected chi connectivity index (χ3v) is 3.15. The molecule has 0 aliphatic carbocycles. The lowest BCUT2D eigenvalue weighted by molar-refractivity contribution is -0.142. The number of ether oxygens (including phenoxy) is 4. The van der Waals surface area contributed by atoms with Crippen LogP contribution >= 0.6 is 0 Å². The number of carbonyl (C=O) groups is 1. The number of benzene rings is 1. The number of aliphatic hydroxyl groups is 1. The molecule has 0 aromatic heterocycles. The summed E-state index contributed by atoms with van der Waals surface area (Å²) >= 11 is 0. The molecule has 6 nitrogen and oxygen atoms in total. The van der Waals surface area contributed by atoms with Crippen LogP contribution in [0.1, 0.15) is 25.2 Å². The molecule has 0 spiro atoms. The maximum Gasteiger partial charge on any atom is 0.333 e. The topological polar surface area (TPSA) is 74.2 Å². The van der Waals surface area contributed by atoms with Gasteiger partial charge in [0.15, 0.2) is 6.29 Å². The third-order valence-electron chi connectivity index (χ3n) is 3.15. The Labute approximate surface area is 136 Å². The van der Waals surface area contributed by atoms with Gasteiger partial charge in [-0.25, -0.2) is 4.79 Å². The zero-order valence-corrected chi connectivity index (χ0v) is 13.8. The Hall–Kier alpha value is -1.89. The molecule has 0 saturated carbocycles. The van der Waals surface area contributed by atoms with Gasteiger partial charge >= 0.3 is 5.97 Å². The lowest BCUT2D eigenvalue weighted by atomic mass is 10.2. The van der Waals surface area contributed by atoms with Crippen LogP contribution in [0, 0.1) is 0 Å². The minimum atomic E-state index is -0.908. The van der Waals surface area contributed by atoms with Crippen molar-refractivity contribution < 1.29 is 28.8 Å². The van der Waals surface area contributed by atoms with Gasteiger partial charge in [-0.3, -0.25) is 0 Å². The van der Waals surface area contributed by atoms with Crippen molar-refractivity contribution in [1.29, 1.82) is 0 Å². The molecule has 1 aromatic carbocycles. The second kappa shape index (κ2) is 9.99. The quantitative estimate of drug-likeness (QED) is 0.404. The molecule has 1 unspecified atom stereocenters. The van der Waals surface area contributed by atoms with E-state index in [-0.39, 0.29) is 13.2 Å². The van der Waals surface area contributed by atoms with Gasteiger partial charge in [0.05, 0.1) is 0 Å². The Morgan fingerprint density at radius 3 is 2.30 bits per heavy atom. The average molecular weight is 324 g/mol. The van der Waals surface area contributed by atoms with Crippen molar-refractivity contribution in [3.63, 3.8) is 0 Å². The molecule has 0 saturated heterocycles. The van der Waals surface area contributed by atoms with E-state index in [0.29, 0.717) is 17.7 Å². The lowest BCUT2D eigenvalue weighted by Gasteiger charge is -2.15. The summed E-state index contributed by atoms with van der Waals surface area (Å²) in [4.78, 5) is 11.4. The van der Waals surface area contributed by atoms with Gasteiger partial charge in [0.1, 0.15) is 25.1 Å². The van der Waals surface area contributed by atoms with Crippen molar-refractivity contribution in [2.24, 2.45) is 0 Å². The van der Waals surface area contributed by atoms with Gasteiger partial charge in [0.2, 0.25) is 0 Å². The molecule has 0 heterocycles. The highest BCUT2D eigenvalue weighted by Crippen LogP contribution is 2.20. The summed E-state index contributed by atoms with van der Waals surface area (Å²) in [5.41, 5.74) is 1.23. The molecule has 128 valence electrons. The van der Waals surface area contributed by atoms with Gasteiger partial charge in [0, 0.05) is 25.4 Å². The van der Waals surface area contributed by atoms with Gasteiger partial charge in [-0.2, -0.15) is 0 Å². The highest BCUT2D eigenvalue weighted by atomic mass is 16.7. The van der Waals surface area contributed by atoms with E-state index in [1.165, 1.54) is 0 Å². The fourth-order valence-electron chi connectivity index (χ4n) is 1.75. The monoisotopic (exact) mass is 324 g/mol. The molecule has 0 amide bonds. The van der Waals surface area contributed by atoms with Crippen LogP contribution in [0.5, 0.6) is 5.75 Å². The Morgan fingerprint density at radius 2 is 1.78 bits per heavy atom. The minimum absolute atomic E-state index is 0.0171. The third kappa shape index (κ3) is 6.40. The summed E-state index contributed by atoms with van der Waals surface area (Å²) in [5, 5.41) is 9.76. The molecule has 0 aliphatic rings. The normalized spacial score (nSPS) is 12.0. The largest absolute Gasteiger partial charge is 0.491 e. The highest BCUT2D eigenvalue weighted by molar-refractivity contribution is 5.87. The van der Waals surface area contributed by atoms with Gasteiger partial charge in [-0.15, -0.1) is 0 Å². The van der Waals surface area contributed by atoms with Crippen molar-refractivity contribution in [1.82, 2.24) is 0 Å². The maximum absolute atomic E-state index is 11.4. The molecule has 0 aliphatic heterocycles. The molecule has 1 N–H and O–H groups in total. The van der Waals surface area contributed by atoms with E-state index in [1.54, 1.807) is 26.4 Å². The molecule has 0 radical (unpaired) electrons. The number of carbonyl (C=O) groups excluding carboxylic acids is 1. The Balaban J connectivity index is 2.40. The van der Waals surface area contributed by atoms with E-state index < -0.39 is 18.4 Å². The van der Waals surface area contributed by atoms with E-state index >= 15 is 0 Å². The summed E-state index contributed by atoms with van der Waals surface area (Å²) in [7, 11) is 3.12. The molecule has 6 heteroatoms. The van der Waals surface area contributed by atoms with E-state index in [9.17, 15) is 9.90 Å². The Kier molecular flexibility index (Phi) is 8.32. The summed E-state index contributed by atoms with van der Waals surface area (Å²) in [6.45, 7) is 5.27. The standard InChI is InChI=1S/C17H24O6/c1-5-12(2)16(19)23-11-14(18)10-22-15-8-6-13(7-9-15)17(20-3)21-4/h6-9,14,17-18H,2,5,10-11H2,1,3-4H3. The molecule has 1 aromatic rings. The molecule has 0 fully saturated rings. The zero-order valence-electron chi connectivity index (χ0n) is 13.8. The highest BCUT2D eigenvalue weighted by Gasteiger charge is 2.12.